The van der Waals surface area contributed by atoms with Gasteiger partial charge in [-0.05, 0) is 51.1 Å². The van der Waals surface area contributed by atoms with Gasteiger partial charge in [-0.25, -0.2) is 0 Å². The molecule has 0 unspecified atom stereocenters. The molecule has 0 radical (unpaired) electrons. The Labute approximate surface area is 160 Å². The van der Waals surface area contributed by atoms with E-state index in [1.165, 1.54) is 0 Å². The minimum atomic E-state index is -0.472. The molecular formula is C21H28N2O4. The molecule has 2 rings (SSSR count). The lowest BCUT2D eigenvalue weighted by Gasteiger charge is -2.19. The number of nitrogens with one attached hydrogen (secondary N) is 1. The summed E-state index contributed by atoms with van der Waals surface area (Å²) < 4.78 is 17.0. The van der Waals surface area contributed by atoms with Crippen LogP contribution in [0.2, 0.25) is 0 Å². The van der Waals surface area contributed by atoms with Gasteiger partial charge >= 0.3 is 0 Å². The second-order valence-corrected chi connectivity index (χ2v) is 6.78. The van der Waals surface area contributed by atoms with Crippen molar-refractivity contribution in [2.75, 3.05) is 26.4 Å². The monoisotopic (exact) mass is 372 g/mol. The van der Waals surface area contributed by atoms with E-state index in [2.05, 4.69) is 5.32 Å². The first-order valence-corrected chi connectivity index (χ1v) is 9.03. The van der Waals surface area contributed by atoms with Crippen molar-refractivity contribution in [2.45, 2.75) is 26.3 Å². The van der Waals surface area contributed by atoms with Crippen LogP contribution >= 0.6 is 0 Å². The van der Waals surface area contributed by atoms with Crippen molar-refractivity contribution < 1.29 is 19.0 Å². The Hall–Kier alpha value is -2.73. The first-order chi connectivity index (χ1) is 12.9. The molecule has 27 heavy (non-hydrogen) atoms. The lowest BCUT2D eigenvalue weighted by molar-refractivity contribution is 0.0945. The summed E-state index contributed by atoms with van der Waals surface area (Å²) >= 11 is 0. The lowest BCUT2D eigenvalue weighted by atomic mass is 10.1. The van der Waals surface area contributed by atoms with E-state index in [0.29, 0.717) is 43.4 Å². The molecule has 3 N–H and O–H groups in total. The third-order valence-corrected chi connectivity index (χ3v) is 3.56. The van der Waals surface area contributed by atoms with Crippen LogP contribution in [0.4, 0.5) is 0 Å². The van der Waals surface area contributed by atoms with Crippen LogP contribution < -0.4 is 25.3 Å². The lowest BCUT2D eigenvalue weighted by Crippen LogP contribution is -2.45. The zero-order valence-corrected chi connectivity index (χ0v) is 16.2. The van der Waals surface area contributed by atoms with Crippen LogP contribution in [-0.2, 0) is 0 Å². The van der Waals surface area contributed by atoms with Crippen LogP contribution in [0.3, 0.4) is 0 Å². The molecule has 0 bridgehead atoms. The first kappa shape index (κ1) is 20.6. The van der Waals surface area contributed by atoms with Crippen molar-refractivity contribution in [2.24, 2.45) is 5.73 Å². The number of rotatable bonds is 10. The fourth-order valence-corrected chi connectivity index (χ4v) is 2.27. The summed E-state index contributed by atoms with van der Waals surface area (Å²) in [4.78, 5) is 12.3. The van der Waals surface area contributed by atoms with Gasteiger partial charge in [-0.2, -0.15) is 0 Å². The molecule has 0 saturated carbocycles. The van der Waals surface area contributed by atoms with E-state index in [0.717, 1.165) is 5.75 Å². The molecule has 146 valence electrons. The number of ether oxygens (including phenoxy) is 3. The molecule has 2 aromatic carbocycles. The number of nitrogens with two attached hydrogens (primary N) is 1. The summed E-state index contributed by atoms with van der Waals surface area (Å²) in [5.41, 5.74) is 5.93. The van der Waals surface area contributed by atoms with Crippen LogP contribution in [0.25, 0.3) is 0 Å². The number of hydrogen-bond donors (Lipinski definition) is 2. The van der Waals surface area contributed by atoms with Crippen molar-refractivity contribution in [1.82, 2.24) is 5.32 Å². The summed E-state index contributed by atoms with van der Waals surface area (Å²) in [6, 6.07) is 14.7. The van der Waals surface area contributed by atoms with E-state index in [-0.39, 0.29) is 5.91 Å². The molecule has 0 fully saturated rings. The number of hydrogen-bond acceptors (Lipinski definition) is 5. The van der Waals surface area contributed by atoms with Crippen molar-refractivity contribution in [3.8, 4) is 17.2 Å². The average Bonchev–Trinajstić information content (AvgIpc) is 2.64. The molecule has 0 aliphatic rings. The van der Waals surface area contributed by atoms with Gasteiger partial charge < -0.3 is 25.3 Å². The SMILES string of the molecule is CCOc1cc(C(=O)NCC(C)(C)N)ccc1OCCOc1ccccc1. The Balaban J connectivity index is 1.94. The minimum Gasteiger partial charge on any atom is -0.490 e. The maximum Gasteiger partial charge on any atom is 0.251 e. The highest BCUT2D eigenvalue weighted by molar-refractivity contribution is 5.94. The summed E-state index contributed by atoms with van der Waals surface area (Å²) in [6.07, 6.45) is 0. The van der Waals surface area contributed by atoms with Gasteiger partial charge in [0.15, 0.2) is 11.5 Å². The Bertz CT molecular complexity index is 727. The van der Waals surface area contributed by atoms with Gasteiger partial charge in [0, 0.05) is 17.6 Å². The van der Waals surface area contributed by atoms with E-state index < -0.39 is 5.54 Å². The van der Waals surface area contributed by atoms with Gasteiger partial charge in [0.2, 0.25) is 0 Å². The Morgan fingerprint density at radius 1 is 1.00 bits per heavy atom. The van der Waals surface area contributed by atoms with Gasteiger partial charge in [0.05, 0.1) is 6.61 Å². The number of carbonyl (C=O) groups is 1. The normalized spacial score (nSPS) is 11.0. The molecule has 0 atom stereocenters. The third-order valence-electron chi connectivity index (χ3n) is 3.56. The molecule has 6 nitrogen and oxygen atoms in total. The molecular weight excluding hydrogens is 344 g/mol. The quantitative estimate of drug-likeness (QED) is 0.627. The number of para-hydroxylation sites is 1. The summed E-state index contributed by atoms with van der Waals surface area (Å²) in [6.45, 7) is 7.21. The highest BCUT2D eigenvalue weighted by atomic mass is 16.5. The summed E-state index contributed by atoms with van der Waals surface area (Å²) in [5.74, 6) is 1.69. The zero-order chi connectivity index (χ0) is 19.7. The molecule has 0 saturated heterocycles. The van der Waals surface area contributed by atoms with Gasteiger partial charge in [0.25, 0.3) is 5.91 Å². The van der Waals surface area contributed by atoms with Crippen LogP contribution in [-0.4, -0.2) is 37.8 Å². The van der Waals surface area contributed by atoms with E-state index in [1.54, 1.807) is 18.2 Å². The third kappa shape index (κ3) is 7.19. The van der Waals surface area contributed by atoms with Crippen molar-refractivity contribution in [3.05, 3.63) is 54.1 Å². The fourth-order valence-electron chi connectivity index (χ4n) is 2.27. The Morgan fingerprint density at radius 2 is 1.70 bits per heavy atom. The fraction of sp³-hybridized carbons (Fsp3) is 0.381. The van der Waals surface area contributed by atoms with Crippen molar-refractivity contribution in [1.29, 1.82) is 0 Å². The Morgan fingerprint density at radius 3 is 2.37 bits per heavy atom. The standard InChI is InChI=1S/C21H28N2O4/c1-4-25-19-14-16(20(24)23-15-21(2,3)22)10-11-18(19)27-13-12-26-17-8-6-5-7-9-17/h5-11,14H,4,12-13,15,22H2,1-3H3,(H,23,24). The second-order valence-electron chi connectivity index (χ2n) is 6.78. The van der Waals surface area contributed by atoms with E-state index >= 15 is 0 Å². The van der Waals surface area contributed by atoms with Crippen LogP contribution in [0.15, 0.2) is 48.5 Å². The summed E-state index contributed by atoms with van der Waals surface area (Å²) in [5, 5.41) is 2.82. The smallest absolute Gasteiger partial charge is 0.251 e. The minimum absolute atomic E-state index is 0.201. The molecule has 6 heteroatoms. The maximum atomic E-state index is 12.3. The van der Waals surface area contributed by atoms with E-state index in [1.807, 2.05) is 51.1 Å². The molecule has 2 aromatic rings. The van der Waals surface area contributed by atoms with Gasteiger partial charge in [0.1, 0.15) is 19.0 Å². The zero-order valence-electron chi connectivity index (χ0n) is 16.2. The van der Waals surface area contributed by atoms with Crippen molar-refractivity contribution in [3.63, 3.8) is 0 Å². The predicted octanol–water partition coefficient (Wildman–Crippen LogP) is 3.01. The molecule has 0 aliphatic carbocycles. The molecule has 0 heterocycles. The van der Waals surface area contributed by atoms with Gasteiger partial charge in [-0.3, -0.25) is 4.79 Å². The van der Waals surface area contributed by atoms with Crippen LogP contribution in [0.5, 0.6) is 17.2 Å². The predicted molar refractivity (Wildman–Crippen MR) is 106 cm³/mol. The van der Waals surface area contributed by atoms with Gasteiger partial charge in [-0.15, -0.1) is 0 Å². The van der Waals surface area contributed by atoms with E-state index in [4.69, 9.17) is 19.9 Å². The highest BCUT2D eigenvalue weighted by Crippen LogP contribution is 2.28. The number of benzene rings is 2. The average molecular weight is 372 g/mol. The molecule has 0 aliphatic heterocycles. The maximum absolute atomic E-state index is 12.3. The Kier molecular flexibility index (Phi) is 7.49. The van der Waals surface area contributed by atoms with Crippen LogP contribution in [0, 0.1) is 0 Å². The molecule has 0 spiro atoms. The van der Waals surface area contributed by atoms with Crippen molar-refractivity contribution >= 4 is 5.91 Å². The molecule has 1 amide bonds. The first-order valence-electron chi connectivity index (χ1n) is 9.03. The van der Waals surface area contributed by atoms with Gasteiger partial charge in [-0.1, -0.05) is 18.2 Å². The number of carbonyl (C=O) groups excluding carboxylic acids is 1. The second kappa shape index (κ2) is 9.83. The highest BCUT2D eigenvalue weighted by Gasteiger charge is 2.15. The largest absolute Gasteiger partial charge is 0.490 e. The van der Waals surface area contributed by atoms with Crippen LogP contribution in [0.1, 0.15) is 31.1 Å². The topological polar surface area (TPSA) is 82.8 Å². The number of amides is 1. The van der Waals surface area contributed by atoms with E-state index in [9.17, 15) is 4.79 Å². The summed E-state index contributed by atoms with van der Waals surface area (Å²) in [7, 11) is 0. The molecule has 0 aromatic heterocycles.